The molecule has 0 bridgehead atoms. The van der Waals surface area contributed by atoms with Crippen LogP contribution in [0.4, 0.5) is 0 Å². The summed E-state index contributed by atoms with van der Waals surface area (Å²) in [7, 11) is 2.02. The second kappa shape index (κ2) is 5.15. The normalized spacial score (nSPS) is 13.5. The molecule has 1 rings (SSSR count). The van der Waals surface area contributed by atoms with Gasteiger partial charge in [0.1, 0.15) is 5.82 Å². The lowest BCUT2D eigenvalue weighted by Gasteiger charge is -2.21. The number of likely N-dealkylation sites (N-methyl/N-ethyl adjacent to an activating group) is 1. The van der Waals surface area contributed by atoms with Gasteiger partial charge in [0.25, 0.3) is 0 Å². The molecule has 0 aliphatic carbocycles. The first-order valence-electron chi connectivity index (χ1n) is 5.36. The Morgan fingerprint density at radius 1 is 1.50 bits per heavy atom. The summed E-state index contributed by atoms with van der Waals surface area (Å²) < 4.78 is 2.24. The first kappa shape index (κ1) is 11.2. The van der Waals surface area contributed by atoms with Crippen LogP contribution in [0.15, 0.2) is 12.4 Å². The van der Waals surface area contributed by atoms with Crippen LogP contribution in [0.25, 0.3) is 0 Å². The summed E-state index contributed by atoms with van der Waals surface area (Å²) in [5.74, 6) is 1.82. The number of imidazole rings is 1. The molecule has 0 amide bonds. The van der Waals surface area contributed by atoms with Crippen molar-refractivity contribution in [2.75, 3.05) is 7.05 Å². The fourth-order valence-electron chi connectivity index (χ4n) is 1.67. The number of rotatable bonds is 5. The summed E-state index contributed by atoms with van der Waals surface area (Å²) in [5, 5.41) is 3.34. The second-order valence-corrected chi connectivity index (χ2v) is 3.99. The van der Waals surface area contributed by atoms with Crippen molar-refractivity contribution in [3.8, 4) is 0 Å². The minimum atomic E-state index is 0.523. The monoisotopic (exact) mass is 195 g/mol. The van der Waals surface area contributed by atoms with Crippen molar-refractivity contribution in [1.82, 2.24) is 14.9 Å². The predicted molar refractivity (Wildman–Crippen MR) is 59.3 cm³/mol. The maximum atomic E-state index is 4.32. The molecular formula is C11H21N3. The van der Waals surface area contributed by atoms with Crippen LogP contribution in [-0.4, -0.2) is 22.6 Å². The first-order valence-corrected chi connectivity index (χ1v) is 5.36. The molecule has 0 saturated heterocycles. The lowest BCUT2D eigenvalue weighted by molar-refractivity contribution is 0.373. The van der Waals surface area contributed by atoms with Crippen LogP contribution < -0.4 is 5.32 Å². The molecule has 0 saturated carbocycles. The molecule has 3 nitrogen and oxygen atoms in total. The van der Waals surface area contributed by atoms with E-state index in [-0.39, 0.29) is 0 Å². The maximum Gasteiger partial charge on any atom is 0.108 e. The van der Waals surface area contributed by atoms with E-state index in [0.29, 0.717) is 12.0 Å². The molecule has 80 valence electrons. The van der Waals surface area contributed by atoms with Crippen molar-refractivity contribution in [2.24, 2.45) is 5.92 Å². The molecule has 1 heterocycles. The Bertz CT molecular complexity index is 265. The van der Waals surface area contributed by atoms with Crippen molar-refractivity contribution in [1.29, 1.82) is 0 Å². The molecule has 14 heavy (non-hydrogen) atoms. The van der Waals surface area contributed by atoms with E-state index in [1.165, 1.54) is 5.82 Å². The summed E-state index contributed by atoms with van der Waals surface area (Å²) in [6, 6.07) is 0.523. The zero-order chi connectivity index (χ0) is 10.6. The zero-order valence-corrected chi connectivity index (χ0v) is 9.62. The fraction of sp³-hybridized carbons (Fsp3) is 0.727. The molecule has 1 N–H and O–H groups in total. The average Bonchev–Trinajstić information content (AvgIpc) is 2.60. The Hall–Kier alpha value is -0.830. The molecule has 0 aliphatic rings. The minimum Gasteiger partial charge on any atom is -0.333 e. The van der Waals surface area contributed by atoms with E-state index >= 15 is 0 Å². The highest BCUT2D eigenvalue weighted by Crippen LogP contribution is 2.06. The van der Waals surface area contributed by atoms with Gasteiger partial charge in [0.2, 0.25) is 0 Å². The van der Waals surface area contributed by atoms with Gasteiger partial charge < -0.3 is 9.88 Å². The summed E-state index contributed by atoms with van der Waals surface area (Å²) in [5.41, 5.74) is 0. The van der Waals surface area contributed by atoms with E-state index in [2.05, 4.69) is 41.8 Å². The maximum absolute atomic E-state index is 4.32. The van der Waals surface area contributed by atoms with Crippen molar-refractivity contribution in [2.45, 2.75) is 39.8 Å². The number of hydrogen-bond acceptors (Lipinski definition) is 2. The molecule has 0 radical (unpaired) electrons. The van der Waals surface area contributed by atoms with Crippen LogP contribution in [0.3, 0.4) is 0 Å². The van der Waals surface area contributed by atoms with Gasteiger partial charge in [-0.05, 0) is 13.0 Å². The molecule has 0 aromatic carbocycles. The number of aryl methyl sites for hydroxylation is 1. The third-order valence-electron chi connectivity index (χ3n) is 2.69. The third-order valence-corrected chi connectivity index (χ3v) is 2.69. The topological polar surface area (TPSA) is 29.9 Å². The first-order chi connectivity index (χ1) is 6.69. The number of hydrogen-bond donors (Lipinski definition) is 1. The molecule has 3 heteroatoms. The van der Waals surface area contributed by atoms with E-state index in [1.54, 1.807) is 0 Å². The quantitative estimate of drug-likeness (QED) is 0.775. The SMILES string of the molecule is CCc1nccn1CC(NC)C(C)C. The molecule has 1 aromatic heterocycles. The van der Waals surface area contributed by atoms with Gasteiger partial charge in [-0.2, -0.15) is 0 Å². The lowest BCUT2D eigenvalue weighted by atomic mass is 10.0. The molecule has 1 unspecified atom stereocenters. The minimum absolute atomic E-state index is 0.523. The summed E-state index contributed by atoms with van der Waals surface area (Å²) >= 11 is 0. The summed E-state index contributed by atoms with van der Waals surface area (Å²) in [4.78, 5) is 4.32. The van der Waals surface area contributed by atoms with E-state index < -0.39 is 0 Å². The second-order valence-electron chi connectivity index (χ2n) is 3.99. The van der Waals surface area contributed by atoms with E-state index in [0.717, 1.165) is 13.0 Å². The molecular weight excluding hydrogens is 174 g/mol. The molecule has 0 aliphatic heterocycles. The Balaban J connectivity index is 2.66. The van der Waals surface area contributed by atoms with Gasteiger partial charge >= 0.3 is 0 Å². The molecule has 1 aromatic rings. The largest absolute Gasteiger partial charge is 0.333 e. The van der Waals surface area contributed by atoms with Gasteiger partial charge in [-0.1, -0.05) is 20.8 Å². The molecule has 0 fully saturated rings. The Labute approximate surface area is 86.5 Å². The van der Waals surface area contributed by atoms with Crippen molar-refractivity contribution in [3.63, 3.8) is 0 Å². The van der Waals surface area contributed by atoms with E-state index in [9.17, 15) is 0 Å². The summed E-state index contributed by atoms with van der Waals surface area (Å²) in [6.45, 7) is 7.63. The highest BCUT2D eigenvalue weighted by molar-refractivity contribution is 4.92. The average molecular weight is 195 g/mol. The number of aromatic nitrogens is 2. The van der Waals surface area contributed by atoms with Crippen LogP contribution in [0.5, 0.6) is 0 Å². The van der Waals surface area contributed by atoms with E-state index in [4.69, 9.17) is 0 Å². The zero-order valence-electron chi connectivity index (χ0n) is 9.62. The lowest BCUT2D eigenvalue weighted by Crippen LogP contribution is -2.35. The molecule has 1 atom stereocenters. The highest BCUT2D eigenvalue weighted by atomic mass is 15.1. The van der Waals surface area contributed by atoms with Crippen molar-refractivity contribution < 1.29 is 0 Å². The van der Waals surface area contributed by atoms with Gasteiger partial charge in [-0.15, -0.1) is 0 Å². The van der Waals surface area contributed by atoms with Crippen LogP contribution in [-0.2, 0) is 13.0 Å². The fourth-order valence-corrected chi connectivity index (χ4v) is 1.67. The van der Waals surface area contributed by atoms with Gasteiger partial charge in [-0.3, -0.25) is 0 Å². The smallest absolute Gasteiger partial charge is 0.108 e. The predicted octanol–water partition coefficient (Wildman–Crippen LogP) is 1.69. The van der Waals surface area contributed by atoms with Crippen LogP contribution in [0, 0.1) is 5.92 Å². The van der Waals surface area contributed by atoms with Crippen LogP contribution >= 0.6 is 0 Å². The Morgan fingerprint density at radius 3 is 2.71 bits per heavy atom. The van der Waals surface area contributed by atoms with Crippen molar-refractivity contribution in [3.05, 3.63) is 18.2 Å². The Kier molecular flexibility index (Phi) is 4.14. The van der Waals surface area contributed by atoms with E-state index in [1.807, 2.05) is 13.2 Å². The van der Waals surface area contributed by atoms with Gasteiger partial charge in [-0.25, -0.2) is 4.98 Å². The van der Waals surface area contributed by atoms with Crippen LogP contribution in [0.1, 0.15) is 26.6 Å². The van der Waals surface area contributed by atoms with Crippen LogP contribution in [0.2, 0.25) is 0 Å². The standard InChI is InChI=1S/C11H21N3/c1-5-11-13-6-7-14(11)8-10(12-4)9(2)3/h6-7,9-10,12H,5,8H2,1-4H3. The highest BCUT2D eigenvalue weighted by Gasteiger charge is 2.12. The summed E-state index contributed by atoms with van der Waals surface area (Å²) in [6.07, 6.45) is 4.94. The number of nitrogens with zero attached hydrogens (tertiary/aromatic N) is 2. The third kappa shape index (κ3) is 2.58. The molecule has 0 spiro atoms. The van der Waals surface area contributed by atoms with Crippen molar-refractivity contribution >= 4 is 0 Å². The number of nitrogens with one attached hydrogen (secondary N) is 1. The Morgan fingerprint density at radius 2 is 2.21 bits per heavy atom. The van der Waals surface area contributed by atoms with Gasteiger partial charge in [0, 0.05) is 31.4 Å². The van der Waals surface area contributed by atoms with Gasteiger partial charge in [0.05, 0.1) is 0 Å². The van der Waals surface area contributed by atoms with Gasteiger partial charge in [0.15, 0.2) is 0 Å².